The van der Waals surface area contributed by atoms with Crippen LogP contribution in [-0.2, 0) is 15.9 Å². The van der Waals surface area contributed by atoms with Crippen LogP contribution in [0, 0.1) is 16.4 Å². The van der Waals surface area contributed by atoms with Gasteiger partial charge in [0.2, 0.25) is 0 Å². The summed E-state index contributed by atoms with van der Waals surface area (Å²) in [6.07, 6.45) is -4.05. The van der Waals surface area contributed by atoms with Crippen molar-refractivity contribution in [1.82, 2.24) is 0 Å². The molecular formula is C22H16ClF5N2O4S. The van der Waals surface area contributed by atoms with Crippen LogP contribution in [0.3, 0.4) is 0 Å². The lowest BCUT2D eigenvalue weighted by atomic mass is 10.1. The molecule has 0 heterocycles. The number of hydrogen-bond acceptors (Lipinski definition) is 5. The van der Waals surface area contributed by atoms with Gasteiger partial charge in [0, 0.05) is 18.0 Å². The van der Waals surface area contributed by atoms with Crippen molar-refractivity contribution in [2.45, 2.75) is 11.1 Å². The molecule has 6 nitrogen and oxygen atoms in total. The van der Waals surface area contributed by atoms with Crippen LogP contribution in [0.5, 0.6) is 17.2 Å². The number of benzene rings is 3. The van der Waals surface area contributed by atoms with Gasteiger partial charge in [-0.05, 0) is 42.5 Å². The molecule has 0 bridgehead atoms. The fraction of sp³-hybridized carbons (Fsp3) is 0.136. The zero-order valence-corrected chi connectivity index (χ0v) is 19.0. The summed E-state index contributed by atoms with van der Waals surface area (Å²) in [6, 6.07) is 6.10. The minimum atomic E-state index is -4.99. The minimum Gasteiger partial charge on any atom is -0.493 e. The molecule has 186 valence electrons. The molecule has 1 amide bonds. The molecule has 0 aliphatic heterocycles. The Kier molecular flexibility index (Phi) is 6.13. The molecular weight excluding hydrogens is 519 g/mol. The molecule has 0 fully saturated rings. The van der Waals surface area contributed by atoms with E-state index in [1.165, 1.54) is 0 Å². The van der Waals surface area contributed by atoms with E-state index in [1.54, 1.807) is 0 Å². The van der Waals surface area contributed by atoms with Gasteiger partial charge in [-0.3, -0.25) is 4.79 Å². The molecule has 0 saturated heterocycles. The van der Waals surface area contributed by atoms with Crippen LogP contribution >= 0.6 is 11.6 Å². The van der Waals surface area contributed by atoms with Gasteiger partial charge in [0.1, 0.15) is 17.4 Å². The summed E-state index contributed by atoms with van der Waals surface area (Å²) in [6.45, 7) is 0. The van der Waals surface area contributed by atoms with Gasteiger partial charge in [0.25, 0.3) is 5.91 Å². The molecule has 2 N–H and O–H groups in total. The van der Waals surface area contributed by atoms with Gasteiger partial charge < -0.3 is 14.8 Å². The number of halogens is 6. The van der Waals surface area contributed by atoms with Crippen LogP contribution in [0.2, 0.25) is 5.02 Å². The van der Waals surface area contributed by atoms with E-state index in [9.17, 15) is 31.0 Å². The number of rotatable bonds is 6. The Labute approximate surface area is 205 Å². The van der Waals surface area contributed by atoms with Crippen LogP contribution in [0.15, 0.2) is 53.4 Å². The maximum atomic E-state index is 14.0. The molecule has 0 aliphatic carbocycles. The van der Waals surface area contributed by atoms with Gasteiger partial charge in [-0.15, -0.1) is 0 Å². The van der Waals surface area contributed by atoms with Crippen molar-refractivity contribution in [2.75, 3.05) is 18.6 Å². The third-order valence-corrected chi connectivity index (χ3v) is 5.93. The number of carbonyl (C=O) groups excluding carboxylic acids is 1. The highest BCUT2D eigenvalue weighted by Gasteiger charge is 2.35. The fourth-order valence-electron chi connectivity index (χ4n) is 2.88. The SMILES string of the molecule is [2H]C([2H])([2H])Oc1cc(F)ccc1Oc1cc(C(F)(F)F)c(Cl)cc1C(=O)Nc1ccc(F)c(S(C)(=N)=O)c1. The summed E-state index contributed by atoms with van der Waals surface area (Å²) in [5.41, 5.74) is -2.17. The quantitative estimate of drug-likeness (QED) is 0.341. The molecule has 0 aliphatic rings. The summed E-state index contributed by atoms with van der Waals surface area (Å²) in [5.74, 6) is -5.07. The molecule has 3 rings (SSSR count). The van der Waals surface area contributed by atoms with Gasteiger partial charge in [-0.25, -0.2) is 17.8 Å². The zero-order valence-electron chi connectivity index (χ0n) is 20.4. The van der Waals surface area contributed by atoms with Gasteiger partial charge >= 0.3 is 6.18 Å². The molecule has 0 aromatic heterocycles. The highest BCUT2D eigenvalue weighted by Crippen LogP contribution is 2.41. The standard InChI is InChI=1S/C22H16ClF5N2O4S/c1-33-19-7-11(24)3-6-17(19)34-18-10-14(22(26,27)28)15(23)9-13(18)21(31)30-12-4-5-16(25)20(8-12)35(2,29)32/h3-10,29H,1-2H3,(H,30,31)/i1D3. The molecule has 35 heavy (non-hydrogen) atoms. The first-order valence-corrected chi connectivity index (χ1v) is 11.6. The predicted molar refractivity (Wildman–Crippen MR) is 119 cm³/mol. The Balaban J connectivity index is 2.11. The summed E-state index contributed by atoms with van der Waals surface area (Å²) < 4.78 is 120. The maximum absolute atomic E-state index is 14.0. The summed E-state index contributed by atoms with van der Waals surface area (Å²) in [4.78, 5) is 12.5. The number of nitrogens with one attached hydrogen (secondary N) is 2. The van der Waals surface area contributed by atoms with Gasteiger partial charge in [0.15, 0.2) is 11.5 Å². The second-order valence-electron chi connectivity index (χ2n) is 7.06. The molecule has 1 unspecified atom stereocenters. The Morgan fingerprint density at radius 3 is 2.43 bits per heavy atom. The Morgan fingerprint density at radius 1 is 1.09 bits per heavy atom. The Morgan fingerprint density at radius 2 is 1.80 bits per heavy atom. The topological polar surface area (TPSA) is 88.5 Å². The predicted octanol–water partition coefficient (Wildman–Crippen LogP) is 6.73. The van der Waals surface area contributed by atoms with Crippen LogP contribution in [0.4, 0.5) is 27.6 Å². The van der Waals surface area contributed by atoms with Crippen molar-refractivity contribution in [3.05, 3.63) is 76.3 Å². The number of ether oxygens (including phenoxy) is 2. The van der Waals surface area contributed by atoms with E-state index >= 15 is 0 Å². The lowest BCUT2D eigenvalue weighted by molar-refractivity contribution is -0.137. The largest absolute Gasteiger partial charge is 0.493 e. The van der Waals surface area contributed by atoms with Crippen molar-refractivity contribution in [3.63, 3.8) is 0 Å². The summed E-state index contributed by atoms with van der Waals surface area (Å²) in [7, 11) is -6.63. The van der Waals surface area contributed by atoms with E-state index in [2.05, 4.69) is 10.1 Å². The van der Waals surface area contributed by atoms with Crippen molar-refractivity contribution in [3.8, 4) is 17.2 Å². The van der Waals surface area contributed by atoms with Gasteiger partial charge in [-0.1, -0.05) is 11.6 Å². The van der Waals surface area contributed by atoms with E-state index in [0.717, 1.165) is 36.6 Å². The molecule has 3 aromatic rings. The molecule has 13 heteroatoms. The normalized spacial score (nSPS) is 14.8. The Hall–Kier alpha value is -3.38. The number of alkyl halides is 3. The number of methoxy groups -OCH3 is 1. The molecule has 0 radical (unpaired) electrons. The molecule has 0 spiro atoms. The Bertz CT molecular complexity index is 1520. The number of anilines is 1. The zero-order chi connectivity index (χ0) is 28.6. The van der Waals surface area contributed by atoms with Crippen molar-refractivity contribution in [2.24, 2.45) is 0 Å². The minimum absolute atomic E-state index is 0.164. The van der Waals surface area contributed by atoms with E-state index in [-0.39, 0.29) is 5.69 Å². The molecule has 1 atom stereocenters. The lowest BCUT2D eigenvalue weighted by Gasteiger charge is -2.17. The second kappa shape index (κ2) is 9.70. The second-order valence-corrected chi connectivity index (χ2v) is 9.60. The smallest absolute Gasteiger partial charge is 0.417 e. The number of hydrogen-bond donors (Lipinski definition) is 2. The highest BCUT2D eigenvalue weighted by molar-refractivity contribution is 7.91. The highest BCUT2D eigenvalue weighted by atomic mass is 35.5. The fourth-order valence-corrected chi connectivity index (χ4v) is 3.94. The van der Waals surface area contributed by atoms with Crippen molar-refractivity contribution < 1.29 is 44.5 Å². The number of carbonyl (C=O) groups is 1. The number of amides is 1. The lowest BCUT2D eigenvalue weighted by Crippen LogP contribution is -2.15. The molecule has 3 aromatic carbocycles. The monoisotopic (exact) mass is 537 g/mol. The van der Waals surface area contributed by atoms with Crippen LogP contribution in [-0.4, -0.2) is 23.4 Å². The van der Waals surface area contributed by atoms with Crippen LogP contribution in [0.25, 0.3) is 0 Å². The van der Waals surface area contributed by atoms with Crippen LogP contribution in [0.1, 0.15) is 20.0 Å². The van der Waals surface area contributed by atoms with E-state index in [4.69, 9.17) is 25.2 Å². The van der Waals surface area contributed by atoms with Crippen LogP contribution < -0.4 is 14.8 Å². The van der Waals surface area contributed by atoms with Gasteiger partial charge in [-0.2, -0.15) is 13.2 Å². The molecule has 0 saturated carbocycles. The van der Waals surface area contributed by atoms with Gasteiger partial charge in [0.05, 0.1) is 41.9 Å². The third-order valence-electron chi connectivity index (χ3n) is 4.46. The first-order chi connectivity index (χ1) is 17.3. The average Bonchev–Trinajstić information content (AvgIpc) is 2.75. The average molecular weight is 538 g/mol. The van der Waals surface area contributed by atoms with Crippen molar-refractivity contribution in [1.29, 1.82) is 4.78 Å². The third kappa shape index (κ3) is 6.01. The first-order valence-electron chi connectivity index (χ1n) is 10.8. The van der Waals surface area contributed by atoms with Crippen molar-refractivity contribution >= 4 is 32.9 Å². The first kappa shape index (κ1) is 22.1. The maximum Gasteiger partial charge on any atom is 0.417 e. The summed E-state index contributed by atoms with van der Waals surface area (Å²) >= 11 is 5.76. The van der Waals surface area contributed by atoms with E-state index in [1.807, 2.05) is 0 Å². The van der Waals surface area contributed by atoms with E-state index in [0.29, 0.717) is 18.2 Å². The summed E-state index contributed by atoms with van der Waals surface area (Å²) in [5, 5.41) is 1.36. The van der Waals surface area contributed by atoms with E-state index < -0.39 is 78.8 Å².